The van der Waals surface area contributed by atoms with E-state index in [0.29, 0.717) is 5.15 Å². The largest absolute Gasteiger partial charge is 0.505 e. The van der Waals surface area contributed by atoms with Gasteiger partial charge in [0.25, 0.3) is 0 Å². The Morgan fingerprint density at radius 3 is 2.73 bits per heavy atom. The zero-order chi connectivity index (χ0) is 8.43. The smallest absolute Gasteiger partial charge is 0.153 e. The van der Waals surface area contributed by atoms with E-state index in [9.17, 15) is 0 Å². The molecule has 4 heteroatoms. The fraction of sp³-hybridized carbons (Fsp3) is 0. The van der Waals surface area contributed by atoms with Crippen LogP contribution in [0.3, 0.4) is 0 Å². The fourth-order valence-corrected chi connectivity index (χ4v) is 1.20. The lowest BCUT2D eigenvalue weighted by atomic mass is 10.4. The summed E-state index contributed by atoms with van der Waals surface area (Å²) in [6.45, 7) is 3.49. The van der Waals surface area contributed by atoms with Crippen LogP contribution in [0.25, 0.3) is 6.20 Å². The van der Waals surface area contributed by atoms with Crippen LogP contribution < -0.4 is 0 Å². The van der Waals surface area contributed by atoms with Gasteiger partial charge in [-0.2, -0.15) is 0 Å². The molecule has 0 aliphatic heterocycles. The maximum Gasteiger partial charge on any atom is 0.153 e. The van der Waals surface area contributed by atoms with E-state index in [2.05, 4.69) is 6.58 Å². The third-order valence-corrected chi connectivity index (χ3v) is 1.94. The van der Waals surface area contributed by atoms with Gasteiger partial charge in [0.2, 0.25) is 0 Å². The first-order valence-corrected chi connectivity index (χ1v) is 3.68. The molecule has 0 fully saturated rings. The van der Waals surface area contributed by atoms with E-state index < -0.39 is 0 Å². The van der Waals surface area contributed by atoms with Crippen LogP contribution in [0.15, 0.2) is 18.7 Å². The molecule has 0 aliphatic rings. The topological polar surface area (TPSA) is 25.2 Å². The highest BCUT2D eigenvalue weighted by molar-refractivity contribution is 7.71. The number of nitrogens with zero attached hydrogens (tertiary/aromatic N) is 1. The molecule has 0 bridgehead atoms. The average molecular weight is 188 g/mol. The van der Waals surface area contributed by atoms with Gasteiger partial charge in [0.15, 0.2) is 10.4 Å². The lowest BCUT2D eigenvalue weighted by Crippen LogP contribution is -1.90. The zero-order valence-electron chi connectivity index (χ0n) is 5.62. The molecule has 2 nitrogen and oxygen atoms in total. The summed E-state index contributed by atoms with van der Waals surface area (Å²) in [7, 11) is 0. The molecule has 1 heterocycles. The minimum atomic E-state index is 0.0318. The molecule has 0 saturated carbocycles. The van der Waals surface area contributed by atoms with Crippen LogP contribution >= 0.6 is 23.8 Å². The number of hydrogen-bond donors (Lipinski definition) is 1. The summed E-state index contributed by atoms with van der Waals surface area (Å²) in [6, 6.07) is 3.00. The first kappa shape index (κ1) is 8.30. The molecule has 58 valence electrons. The van der Waals surface area contributed by atoms with Crippen molar-refractivity contribution in [1.82, 2.24) is 4.57 Å². The predicted molar refractivity (Wildman–Crippen MR) is 48.3 cm³/mol. The number of halogens is 1. The molecular weight excluding hydrogens is 182 g/mol. The zero-order valence-corrected chi connectivity index (χ0v) is 7.19. The molecule has 0 unspecified atom stereocenters. The van der Waals surface area contributed by atoms with Gasteiger partial charge >= 0.3 is 0 Å². The Bertz CT molecular complexity index is 345. The van der Waals surface area contributed by atoms with E-state index in [1.165, 1.54) is 16.8 Å². The number of pyridine rings is 1. The summed E-state index contributed by atoms with van der Waals surface area (Å²) >= 11 is 10.6. The standard InChI is InChI=1S/C7H6ClNOS/c1-2-9-6(8)4-3-5(10)7(9)11/h2-4,10H,1H2. The van der Waals surface area contributed by atoms with Crippen molar-refractivity contribution in [1.29, 1.82) is 0 Å². The molecule has 1 aromatic heterocycles. The minimum absolute atomic E-state index is 0.0318. The van der Waals surface area contributed by atoms with E-state index in [0.717, 1.165) is 0 Å². The summed E-state index contributed by atoms with van der Waals surface area (Å²) in [5.41, 5.74) is 0. The van der Waals surface area contributed by atoms with Gasteiger partial charge < -0.3 is 5.11 Å². The van der Waals surface area contributed by atoms with Gasteiger partial charge in [0, 0.05) is 6.20 Å². The third kappa shape index (κ3) is 1.44. The van der Waals surface area contributed by atoms with E-state index in [1.807, 2.05) is 0 Å². The molecule has 0 atom stereocenters. The van der Waals surface area contributed by atoms with Gasteiger partial charge in [-0.25, -0.2) is 0 Å². The van der Waals surface area contributed by atoms with Gasteiger partial charge in [-0.3, -0.25) is 4.57 Å². The molecular formula is C7H6ClNOS. The Morgan fingerprint density at radius 2 is 2.27 bits per heavy atom. The van der Waals surface area contributed by atoms with Gasteiger partial charge in [-0.05, 0) is 12.1 Å². The fourth-order valence-electron chi connectivity index (χ4n) is 0.690. The molecule has 1 rings (SSSR count). The van der Waals surface area contributed by atoms with Crippen molar-refractivity contribution in [2.45, 2.75) is 0 Å². The molecule has 1 N–H and O–H groups in total. The van der Waals surface area contributed by atoms with Crippen LogP contribution in [0.1, 0.15) is 0 Å². The van der Waals surface area contributed by atoms with Crippen LogP contribution in [0.4, 0.5) is 0 Å². The average Bonchev–Trinajstić information content (AvgIpc) is 1.99. The van der Waals surface area contributed by atoms with E-state index in [-0.39, 0.29) is 10.4 Å². The highest BCUT2D eigenvalue weighted by atomic mass is 35.5. The Hall–Kier alpha value is -0.800. The van der Waals surface area contributed by atoms with Crippen LogP contribution in [0.2, 0.25) is 5.15 Å². The van der Waals surface area contributed by atoms with Crippen molar-refractivity contribution in [3.63, 3.8) is 0 Å². The van der Waals surface area contributed by atoms with E-state index in [4.69, 9.17) is 28.9 Å². The summed E-state index contributed by atoms with van der Waals surface area (Å²) < 4.78 is 1.69. The maximum atomic E-state index is 9.12. The summed E-state index contributed by atoms with van der Waals surface area (Å²) in [4.78, 5) is 0. The lowest BCUT2D eigenvalue weighted by Gasteiger charge is -2.02. The normalized spacial score (nSPS) is 9.55. The van der Waals surface area contributed by atoms with Crippen LogP contribution in [0, 0.1) is 4.64 Å². The molecule has 0 aromatic carbocycles. The van der Waals surface area contributed by atoms with Crippen LogP contribution in [0.5, 0.6) is 5.75 Å². The second-order valence-electron chi connectivity index (χ2n) is 1.90. The summed E-state index contributed by atoms with van der Waals surface area (Å²) in [5, 5.41) is 9.56. The molecule has 0 spiro atoms. The second-order valence-corrected chi connectivity index (χ2v) is 2.67. The van der Waals surface area contributed by atoms with Crippen molar-refractivity contribution in [2.24, 2.45) is 0 Å². The van der Waals surface area contributed by atoms with Crippen molar-refractivity contribution in [3.05, 3.63) is 28.5 Å². The Kier molecular flexibility index (Phi) is 2.31. The predicted octanol–water partition coefficient (Wildman–Crippen LogP) is 2.68. The highest BCUT2D eigenvalue weighted by Gasteiger charge is 1.98. The second kappa shape index (κ2) is 3.07. The van der Waals surface area contributed by atoms with Crippen molar-refractivity contribution in [2.75, 3.05) is 0 Å². The minimum Gasteiger partial charge on any atom is -0.505 e. The number of rotatable bonds is 1. The van der Waals surface area contributed by atoms with E-state index in [1.54, 1.807) is 6.07 Å². The van der Waals surface area contributed by atoms with Gasteiger partial charge in [-0.15, -0.1) is 0 Å². The van der Waals surface area contributed by atoms with Crippen LogP contribution in [-0.4, -0.2) is 9.67 Å². The number of aromatic nitrogens is 1. The first-order chi connectivity index (χ1) is 5.16. The molecule has 1 aromatic rings. The Balaban J connectivity index is 3.54. The van der Waals surface area contributed by atoms with Crippen molar-refractivity contribution >= 4 is 30.0 Å². The lowest BCUT2D eigenvalue weighted by molar-refractivity contribution is 0.468. The maximum absolute atomic E-state index is 9.12. The van der Waals surface area contributed by atoms with Gasteiger partial charge in [0.1, 0.15) is 5.15 Å². The van der Waals surface area contributed by atoms with Gasteiger partial charge in [0.05, 0.1) is 0 Å². The number of hydrogen-bond acceptors (Lipinski definition) is 2. The summed E-state index contributed by atoms with van der Waals surface area (Å²) in [6.07, 6.45) is 1.45. The van der Waals surface area contributed by atoms with Crippen LogP contribution in [-0.2, 0) is 0 Å². The molecule has 11 heavy (non-hydrogen) atoms. The monoisotopic (exact) mass is 187 g/mol. The third-order valence-electron chi connectivity index (χ3n) is 1.23. The molecule has 0 aliphatic carbocycles. The molecule has 0 saturated heterocycles. The molecule has 0 radical (unpaired) electrons. The SMILES string of the molecule is C=Cn1c(Cl)ccc(O)c1=S. The first-order valence-electron chi connectivity index (χ1n) is 2.89. The molecule has 0 amide bonds. The van der Waals surface area contributed by atoms with Gasteiger partial charge in [-0.1, -0.05) is 30.4 Å². The van der Waals surface area contributed by atoms with Crippen molar-refractivity contribution in [3.8, 4) is 5.75 Å². The van der Waals surface area contributed by atoms with E-state index >= 15 is 0 Å². The summed E-state index contributed by atoms with van der Waals surface area (Å²) in [5.74, 6) is 0.0318. The number of aromatic hydroxyl groups is 1. The quantitative estimate of drug-likeness (QED) is 0.540. The Morgan fingerprint density at radius 1 is 1.64 bits per heavy atom. The Labute approximate surface area is 74.4 Å². The van der Waals surface area contributed by atoms with Crippen molar-refractivity contribution < 1.29 is 5.11 Å². The highest BCUT2D eigenvalue weighted by Crippen LogP contribution is 2.17.